The van der Waals surface area contributed by atoms with Gasteiger partial charge in [0.25, 0.3) is 0 Å². The second-order valence-electron chi connectivity index (χ2n) is 7.71. The molecule has 0 saturated heterocycles. The molecule has 0 amide bonds. The van der Waals surface area contributed by atoms with Crippen LogP contribution in [0.15, 0.2) is 65.6 Å². The van der Waals surface area contributed by atoms with Crippen molar-refractivity contribution < 1.29 is 13.5 Å². The van der Waals surface area contributed by atoms with Gasteiger partial charge in [0.1, 0.15) is 0 Å². The summed E-state index contributed by atoms with van der Waals surface area (Å²) in [7, 11) is -3.20. The number of hydrogen-bond acceptors (Lipinski definition) is 3. The van der Waals surface area contributed by atoms with Crippen molar-refractivity contribution in [3.8, 4) is 0 Å². The molecule has 1 saturated carbocycles. The average molecular weight is 381 g/mol. The first-order valence-corrected chi connectivity index (χ1v) is 11.3. The number of rotatable bonds is 4. The molecule has 0 bridgehead atoms. The fourth-order valence-corrected chi connectivity index (χ4v) is 4.87. The molecule has 0 unspecified atom stereocenters. The van der Waals surface area contributed by atoms with Crippen molar-refractivity contribution in [2.24, 2.45) is 5.41 Å². The van der Waals surface area contributed by atoms with E-state index in [9.17, 15) is 13.5 Å². The van der Waals surface area contributed by atoms with E-state index in [1.54, 1.807) is 12.1 Å². The molecule has 2 aromatic carbocycles. The summed E-state index contributed by atoms with van der Waals surface area (Å²) in [5.74, 6) is 0. The number of sulfone groups is 1. The van der Waals surface area contributed by atoms with E-state index in [0.29, 0.717) is 4.90 Å². The van der Waals surface area contributed by atoms with Gasteiger partial charge in [-0.15, -0.1) is 0 Å². The average Bonchev–Trinajstić information content (AvgIpc) is 3.28. The van der Waals surface area contributed by atoms with Gasteiger partial charge in [0.15, 0.2) is 9.84 Å². The normalized spacial score (nSPS) is 18.6. The highest BCUT2D eigenvalue weighted by Gasteiger charge is 2.35. The molecule has 1 spiro atoms. The van der Waals surface area contributed by atoms with Crippen LogP contribution < -0.4 is 0 Å². The molecule has 0 heterocycles. The van der Waals surface area contributed by atoms with Gasteiger partial charge in [0, 0.05) is 11.7 Å². The molecule has 1 N–H and O–H groups in total. The number of aliphatic hydroxyl groups excluding tert-OH is 1. The minimum Gasteiger partial charge on any atom is -0.392 e. The summed E-state index contributed by atoms with van der Waals surface area (Å²) in [5, 5.41) is 9.31. The highest BCUT2D eigenvalue weighted by Crippen LogP contribution is 2.51. The van der Waals surface area contributed by atoms with E-state index in [4.69, 9.17) is 0 Å². The second-order valence-corrected chi connectivity index (χ2v) is 9.72. The Morgan fingerprint density at radius 2 is 1.33 bits per heavy atom. The molecule has 2 aliphatic rings. The van der Waals surface area contributed by atoms with Crippen LogP contribution in [0.1, 0.15) is 42.4 Å². The Balaban J connectivity index is 1.77. The topological polar surface area (TPSA) is 54.4 Å². The fraction of sp³-hybridized carbons (Fsp3) is 0.304. The lowest BCUT2D eigenvalue weighted by atomic mass is 9.88. The van der Waals surface area contributed by atoms with Gasteiger partial charge >= 0.3 is 0 Å². The van der Waals surface area contributed by atoms with Gasteiger partial charge in [0.2, 0.25) is 0 Å². The molecular weight excluding hydrogens is 356 g/mol. The van der Waals surface area contributed by atoms with E-state index in [1.165, 1.54) is 30.2 Å². The Labute approximate surface area is 161 Å². The number of allylic oxidation sites excluding steroid dienone is 4. The fourth-order valence-electron chi connectivity index (χ4n) is 4.24. The van der Waals surface area contributed by atoms with Gasteiger partial charge < -0.3 is 5.11 Å². The quantitative estimate of drug-likeness (QED) is 0.842. The molecular formula is C23H24O3S. The van der Waals surface area contributed by atoms with Gasteiger partial charge in [-0.05, 0) is 52.8 Å². The van der Waals surface area contributed by atoms with Gasteiger partial charge in [-0.3, -0.25) is 0 Å². The Bertz CT molecular complexity index is 1000. The summed E-state index contributed by atoms with van der Waals surface area (Å²) in [4.78, 5) is 0.346. The monoisotopic (exact) mass is 380 g/mol. The van der Waals surface area contributed by atoms with Crippen LogP contribution in [0.5, 0.6) is 0 Å². The molecule has 0 aromatic heterocycles. The van der Waals surface area contributed by atoms with Crippen LogP contribution in [0, 0.1) is 5.41 Å². The van der Waals surface area contributed by atoms with Gasteiger partial charge in [0.05, 0.1) is 11.5 Å². The minimum absolute atomic E-state index is 0.0406. The van der Waals surface area contributed by atoms with Crippen molar-refractivity contribution in [3.63, 3.8) is 0 Å². The zero-order valence-corrected chi connectivity index (χ0v) is 16.3. The Morgan fingerprint density at radius 3 is 1.78 bits per heavy atom. The van der Waals surface area contributed by atoms with Crippen molar-refractivity contribution in [1.29, 1.82) is 0 Å². The maximum absolute atomic E-state index is 11.8. The van der Waals surface area contributed by atoms with E-state index in [0.717, 1.165) is 29.5 Å². The van der Waals surface area contributed by atoms with E-state index >= 15 is 0 Å². The molecule has 4 heteroatoms. The molecule has 2 aliphatic carbocycles. The minimum atomic E-state index is -3.20. The van der Waals surface area contributed by atoms with Gasteiger partial charge in [-0.2, -0.15) is 0 Å². The van der Waals surface area contributed by atoms with Crippen molar-refractivity contribution in [2.75, 3.05) is 6.26 Å². The number of benzene rings is 2. The Morgan fingerprint density at radius 1 is 0.852 bits per heavy atom. The lowest BCUT2D eigenvalue weighted by Crippen LogP contribution is -2.05. The maximum Gasteiger partial charge on any atom is 0.175 e. The number of aliphatic hydroxyl groups is 1. The van der Waals surface area contributed by atoms with Crippen LogP contribution in [0.3, 0.4) is 0 Å². The van der Waals surface area contributed by atoms with Crippen molar-refractivity contribution >= 4 is 21.0 Å². The Kier molecular flexibility index (Phi) is 4.57. The maximum atomic E-state index is 11.8. The van der Waals surface area contributed by atoms with Gasteiger partial charge in [-0.1, -0.05) is 61.4 Å². The largest absolute Gasteiger partial charge is 0.392 e. The molecule has 1 fully saturated rings. The van der Waals surface area contributed by atoms with Crippen LogP contribution in [0.2, 0.25) is 0 Å². The number of hydrogen-bond donors (Lipinski definition) is 1. The molecule has 0 atom stereocenters. The lowest BCUT2D eigenvalue weighted by Gasteiger charge is -2.16. The van der Waals surface area contributed by atoms with Crippen LogP contribution >= 0.6 is 0 Å². The third kappa shape index (κ3) is 3.52. The van der Waals surface area contributed by atoms with E-state index in [1.807, 2.05) is 24.3 Å². The molecule has 0 aliphatic heterocycles. The van der Waals surface area contributed by atoms with E-state index in [2.05, 4.69) is 24.3 Å². The lowest BCUT2D eigenvalue weighted by molar-refractivity contribution is 0.282. The van der Waals surface area contributed by atoms with Crippen LogP contribution in [-0.4, -0.2) is 19.8 Å². The predicted octanol–water partition coefficient (Wildman–Crippen LogP) is 4.62. The zero-order valence-electron chi connectivity index (χ0n) is 15.5. The van der Waals surface area contributed by atoms with Gasteiger partial charge in [-0.25, -0.2) is 8.42 Å². The molecule has 27 heavy (non-hydrogen) atoms. The summed E-state index contributed by atoms with van der Waals surface area (Å²) >= 11 is 0. The molecule has 3 nitrogen and oxygen atoms in total. The first-order chi connectivity index (χ1) is 12.9. The van der Waals surface area contributed by atoms with Crippen molar-refractivity contribution in [3.05, 3.63) is 77.4 Å². The summed E-state index contributed by atoms with van der Waals surface area (Å²) in [6.45, 7) is 0.0406. The van der Waals surface area contributed by atoms with Crippen molar-refractivity contribution in [2.45, 2.75) is 37.2 Å². The summed E-state index contributed by atoms with van der Waals surface area (Å²) in [6, 6.07) is 15.2. The standard InChI is InChI=1S/C23H24O3S/c1-27(25,26)20-10-8-19(9-11-20)22-15-23(12-2-3-13-23)14-21(22)18-6-4-17(16-24)5-7-18/h4-11,14-15,24H,2-3,12-13,16H2,1H3. The molecule has 140 valence electrons. The molecule has 4 rings (SSSR count). The third-order valence-electron chi connectivity index (χ3n) is 5.73. The highest BCUT2D eigenvalue weighted by atomic mass is 32.2. The van der Waals surface area contributed by atoms with Crippen LogP contribution in [0.25, 0.3) is 11.1 Å². The van der Waals surface area contributed by atoms with Crippen LogP contribution in [0.4, 0.5) is 0 Å². The smallest absolute Gasteiger partial charge is 0.175 e. The molecule has 2 aromatic rings. The van der Waals surface area contributed by atoms with E-state index in [-0.39, 0.29) is 12.0 Å². The Hall–Kier alpha value is -2.17. The summed E-state index contributed by atoms with van der Waals surface area (Å²) in [5.41, 5.74) is 5.58. The van der Waals surface area contributed by atoms with Crippen LogP contribution in [-0.2, 0) is 16.4 Å². The first-order valence-electron chi connectivity index (χ1n) is 9.37. The zero-order chi connectivity index (χ0) is 19.1. The first kappa shape index (κ1) is 18.2. The van der Waals surface area contributed by atoms with E-state index < -0.39 is 9.84 Å². The summed E-state index contributed by atoms with van der Waals surface area (Å²) in [6.07, 6.45) is 10.8. The predicted molar refractivity (Wildman–Crippen MR) is 109 cm³/mol. The second kappa shape index (κ2) is 6.77. The third-order valence-corrected chi connectivity index (χ3v) is 6.86. The molecule has 0 radical (unpaired) electrons. The SMILES string of the molecule is CS(=O)(=O)c1ccc(C2=CC3(C=C2c2ccc(CO)cc2)CCCC3)cc1. The van der Waals surface area contributed by atoms with Crippen molar-refractivity contribution in [1.82, 2.24) is 0 Å². The summed E-state index contributed by atoms with van der Waals surface area (Å²) < 4.78 is 23.5. The highest BCUT2D eigenvalue weighted by molar-refractivity contribution is 7.90.